The van der Waals surface area contributed by atoms with Crippen LogP contribution in [0, 0.1) is 5.92 Å². The number of rotatable bonds is 6. The Bertz CT molecular complexity index is 1080. The number of benzene rings is 1. The molecule has 2 aromatic rings. The molecule has 8 heteroatoms. The molecule has 1 heterocycles. The van der Waals surface area contributed by atoms with Crippen LogP contribution >= 0.6 is 0 Å². The van der Waals surface area contributed by atoms with Gasteiger partial charge in [-0.15, -0.1) is 0 Å². The van der Waals surface area contributed by atoms with E-state index >= 15 is 0 Å². The summed E-state index contributed by atoms with van der Waals surface area (Å²) in [7, 11) is -4.28. The summed E-state index contributed by atoms with van der Waals surface area (Å²) in [4.78, 5) is 13.2. The normalized spacial score (nSPS) is 16.7. The maximum absolute atomic E-state index is 13.2. The Hall–Kier alpha value is -2.16. The van der Waals surface area contributed by atoms with Gasteiger partial charge in [0.2, 0.25) is 5.09 Å². The molecule has 4 N–H and O–H groups in total. The number of aliphatic hydroxyl groups is 1. The Balaban J connectivity index is 1.74. The van der Waals surface area contributed by atoms with Crippen molar-refractivity contribution in [2.45, 2.75) is 63.1 Å². The van der Waals surface area contributed by atoms with Crippen molar-refractivity contribution < 1.29 is 22.7 Å². The van der Waals surface area contributed by atoms with Gasteiger partial charge in [-0.25, -0.2) is 13.6 Å². The number of aryl methyl sites for hydroxylation is 1. The van der Waals surface area contributed by atoms with Crippen molar-refractivity contribution in [1.29, 1.82) is 0 Å². The van der Waals surface area contributed by atoms with Crippen LogP contribution < -0.4 is 10.5 Å². The fraction of sp³-hybridized carbons (Fsp3) is 0.476. The fourth-order valence-electron chi connectivity index (χ4n) is 4.07. The number of amides is 1. The predicted octanol–water partition coefficient (Wildman–Crippen LogP) is 2.85. The minimum absolute atomic E-state index is 0.0781. The summed E-state index contributed by atoms with van der Waals surface area (Å²) in [5, 5.41) is 17.9. The summed E-state index contributed by atoms with van der Waals surface area (Å²) in [5.41, 5.74) is 2.47. The number of anilines is 1. The molecule has 0 saturated heterocycles. The predicted molar refractivity (Wildman–Crippen MR) is 108 cm³/mol. The molecule has 29 heavy (non-hydrogen) atoms. The van der Waals surface area contributed by atoms with E-state index in [0.717, 1.165) is 42.3 Å². The van der Waals surface area contributed by atoms with Crippen LogP contribution in [-0.2, 0) is 34.9 Å². The molecule has 1 aromatic heterocycles. The molecular weight excluding hydrogens is 392 g/mol. The van der Waals surface area contributed by atoms with Crippen LogP contribution in [0.1, 0.15) is 65.7 Å². The van der Waals surface area contributed by atoms with E-state index < -0.39 is 26.6 Å². The molecule has 1 amide bonds. The first-order valence-electron chi connectivity index (χ1n) is 9.88. The minimum atomic E-state index is -4.28. The SMILES string of the molecule is CC(C)(O)c1coc(S(N)(=O)=O)c1C(=O)Nc1c(CC2CCC2)ccc2c1CC2. The number of hydrogen-bond acceptors (Lipinski definition) is 5. The summed E-state index contributed by atoms with van der Waals surface area (Å²) < 4.78 is 29.0. The molecular formula is C21H26N2O5S. The number of hydrogen-bond donors (Lipinski definition) is 3. The average Bonchev–Trinajstić information content (AvgIpc) is 2.99. The lowest BCUT2D eigenvalue weighted by molar-refractivity contribution is 0.0754. The highest BCUT2D eigenvalue weighted by molar-refractivity contribution is 7.89. The second kappa shape index (κ2) is 6.97. The van der Waals surface area contributed by atoms with Crippen molar-refractivity contribution in [3.8, 4) is 0 Å². The van der Waals surface area contributed by atoms with Crippen LogP contribution in [0.2, 0.25) is 0 Å². The zero-order valence-corrected chi connectivity index (χ0v) is 17.4. The standard InChI is InChI=1S/C21H26N2O5S/c1-21(2,25)16-11-28-20(29(22,26)27)17(16)19(24)23-18-14(10-12-4-3-5-12)7-6-13-8-9-15(13)18/h6-7,11-12,25H,3-5,8-10H2,1-2H3,(H,23,24)(H2,22,26,27). The van der Waals surface area contributed by atoms with Crippen molar-refractivity contribution in [3.63, 3.8) is 0 Å². The van der Waals surface area contributed by atoms with E-state index in [0.29, 0.717) is 5.92 Å². The van der Waals surface area contributed by atoms with Gasteiger partial charge >= 0.3 is 0 Å². The maximum Gasteiger partial charge on any atom is 0.272 e. The van der Waals surface area contributed by atoms with Gasteiger partial charge in [0, 0.05) is 11.3 Å². The maximum atomic E-state index is 13.2. The van der Waals surface area contributed by atoms with Gasteiger partial charge in [-0.1, -0.05) is 31.4 Å². The van der Waals surface area contributed by atoms with E-state index in [1.54, 1.807) is 0 Å². The van der Waals surface area contributed by atoms with Crippen LogP contribution in [0.25, 0.3) is 0 Å². The van der Waals surface area contributed by atoms with Gasteiger partial charge in [0.15, 0.2) is 0 Å². The molecule has 0 radical (unpaired) electrons. The number of nitrogens with one attached hydrogen (secondary N) is 1. The zero-order chi connectivity index (χ0) is 21.0. The van der Waals surface area contributed by atoms with Crippen molar-refractivity contribution in [2.24, 2.45) is 11.1 Å². The molecule has 1 saturated carbocycles. The Morgan fingerprint density at radius 1 is 1.31 bits per heavy atom. The lowest BCUT2D eigenvalue weighted by atomic mass is 9.78. The Kier molecular flexibility index (Phi) is 4.83. The van der Waals surface area contributed by atoms with E-state index in [4.69, 9.17) is 9.56 Å². The largest absolute Gasteiger partial charge is 0.451 e. The highest BCUT2D eigenvalue weighted by Crippen LogP contribution is 2.39. The third-order valence-corrected chi connectivity index (χ3v) is 6.83. The van der Waals surface area contributed by atoms with Gasteiger partial charge in [0.05, 0.1) is 11.9 Å². The molecule has 0 spiro atoms. The molecule has 4 rings (SSSR count). The summed E-state index contributed by atoms with van der Waals surface area (Å²) in [6, 6.07) is 4.16. The van der Waals surface area contributed by atoms with Crippen molar-refractivity contribution >= 4 is 21.6 Å². The Labute approximate surface area is 170 Å². The van der Waals surface area contributed by atoms with Gasteiger partial charge in [-0.3, -0.25) is 4.79 Å². The minimum Gasteiger partial charge on any atom is -0.451 e. The number of primary sulfonamides is 1. The molecule has 1 fully saturated rings. The van der Waals surface area contributed by atoms with E-state index in [1.165, 1.54) is 38.7 Å². The topological polar surface area (TPSA) is 123 Å². The molecule has 1 aromatic carbocycles. The van der Waals surface area contributed by atoms with Gasteiger partial charge < -0.3 is 14.8 Å². The molecule has 7 nitrogen and oxygen atoms in total. The highest BCUT2D eigenvalue weighted by atomic mass is 32.2. The lowest BCUT2D eigenvalue weighted by Crippen LogP contribution is -2.26. The van der Waals surface area contributed by atoms with Crippen molar-refractivity contribution in [1.82, 2.24) is 0 Å². The molecule has 0 bridgehead atoms. The molecule has 0 unspecified atom stereocenters. The van der Waals surface area contributed by atoms with E-state index in [2.05, 4.69) is 17.4 Å². The van der Waals surface area contributed by atoms with Crippen LogP contribution in [0.3, 0.4) is 0 Å². The van der Waals surface area contributed by atoms with Crippen LogP contribution in [0.4, 0.5) is 5.69 Å². The van der Waals surface area contributed by atoms with Crippen molar-refractivity contribution in [2.75, 3.05) is 5.32 Å². The first-order valence-corrected chi connectivity index (χ1v) is 11.4. The number of fused-ring (bicyclic) bond motifs is 1. The Morgan fingerprint density at radius 2 is 2.03 bits per heavy atom. The third kappa shape index (κ3) is 3.72. The number of carbonyl (C=O) groups excluding carboxylic acids is 1. The molecule has 2 aliphatic carbocycles. The van der Waals surface area contributed by atoms with Gasteiger partial charge in [0.1, 0.15) is 5.56 Å². The smallest absolute Gasteiger partial charge is 0.272 e. The van der Waals surface area contributed by atoms with Crippen molar-refractivity contribution in [3.05, 3.63) is 46.2 Å². The van der Waals surface area contributed by atoms with Gasteiger partial charge in [-0.05, 0) is 55.7 Å². The molecule has 2 aliphatic rings. The zero-order valence-electron chi connectivity index (χ0n) is 16.6. The Morgan fingerprint density at radius 3 is 2.55 bits per heavy atom. The summed E-state index contributed by atoms with van der Waals surface area (Å²) >= 11 is 0. The van der Waals surface area contributed by atoms with Gasteiger partial charge in [-0.2, -0.15) is 0 Å². The summed E-state index contributed by atoms with van der Waals surface area (Å²) in [5.74, 6) is -0.0281. The third-order valence-electron chi connectivity index (χ3n) is 6.01. The molecule has 156 valence electrons. The second-order valence-corrected chi connectivity index (χ2v) is 10.1. The summed E-state index contributed by atoms with van der Waals surface area (Å²) in [6.07, 6.45) is 7.40. The van der Waals surface area contributed by atoms with E-state index in [-0.39, 0.29) is 11.1 Å². The van der Waals surface area contributed by atoms with Gasteiger partial charge in [0.25, 0.3) is 15.9 Å². The summed E-state index contributed by atoms with van der Waals surface area (Å²) in [6.45, 7) is 2.91. The van der Waals surface area contributed by atoms with Crippen LogP contribution in [0.5, 0.6) is 0 Å². The fourth-order valence-corrected chi connectivity index (χ4v) is 4.74. The average molecular weight is 419 g/mol. The van der Waals surface area contributed by atoms with E-state index in [1.807, 2.05) is 0 Å². The first-order chi connectivity index (χ1) is 13.6. The molecule has 0 atom stereocenters. The number of nitrogens with two attached hydrogens (primary N) is 1. The van der Waals surface area contributed by atoms with E-state index in [9.17, 15) is 18.3 Å². The quantitative estimate of drug-likeness (QED) is 0.666. The first kappa shape index (κ1) is 20.1. The highest BCUT2D eigenvalue weighted by Gasteiger charge is 2.35. The van der Waals surface area contributed by atoms with Crippen LogP contribution in [0.15, 0.2) is 27.9 Å². The van der Waals surface area contributed by atoms with Crippen LogP contribution in [-0.4, -0.2) is 19.4 Å². The monoisotopic (exact) mass is 418 g/mol. The number of sulfonamides is 1. The molecule has 0 aliphatic heterocycles. The lowest BCUT2D eigenvalue weighted by Gasteiger charge is -2.30. The second-order valence-electron chi connectivity index (χ2n) is 8.61. The number of carbonyl (C=O) groups is 1. The number of furan rings is 1.